The van der Waals surface area contributed by atoms with E-state index in [1.807, 2.05) is 0 Å². The Hall–Kier alpha value is -1.81. The summed E-state index contributed by atoms with van der Waals surface area (Å²) in [5, 5.41) is 9.05. The van der Waals surface area contributed by atoms with Crippen LogP contribution in [0.1, 0.15) is 5.56 Å². The van der Waals surface area contributed by atoms with Gasteiger partial charge in [0.1, 0.15) is 11.8 Å². The molecule has 0 saturated carbocycles. The average Bonchev–Trinajstić information content (AvgIpc) is 2.22. The zero-order chi connectivity index (χ0) is 11.3. The fraction of sp³-hybridized carbons (Fsp3) is 0.182. The fourth-order valence-corrected chi connectivity index (χ4v) is 1.14. The lowest BCUT2D eigenvalue weighted by Crippen LogP contribution is -2.33. The Morgan fingerprint density at radius 2 is 2.13 bits per heavy atom. The maximum atomic E-state index is 11.1. The third kappa shape index (κ3) is 3.44. The lowest BCUT2D eigenvalue weighted by atomic mass is 10.1. The third-order valence-electron chi connectivity index (χ3n) is 1.89. The maximum Gasteiger partial charge on any atom is 0.328 e. The van der Waals surface area contributed by atoms with Crippen molar-refractivity contribution in [3.8, 4) is 5.75 Å². The lowest BCUT2D eigenvalue weighted by molar-refractivity contribution is -0.139. The molecule has 15 heavy (non-hydrogen) atoms. The Morgan fingerprint density at radius 1 is 1.53 bits per heavy atom. The largest absolute Gasteiger partial charge is 0.508 e. The molecule has 1 aromatic rings. The lowest BCUT2D eigenvalue weighted by Gasteiger charge is -2.08. The number of carbonyl (C=O) groups excluding carboxylic acids is 1. The van der Waals surface area contributed by atoms with Crippen LogP contribution in [0, 0.1) is 0 Å². The molecule has 0 fully saturated rings. The van der Waals surface area contributed by atoms with Gasteiger partial charge in [0.05, 0.1) is 6.26 Å². The number of esters is 1. The fourth-order valence-electron chi connectivity index (χ4n) is 1.14. The van der Waals surface area contributed by atoms with Gasteiger partial charge in [-0.05, 0) is 24.1 Å². The molecule has 1 rings (SSSR count). The van der Waals surface area contributed by atoms with Gasteiger partial charge in [0.25, 0.3) is 0 Å². The molecule has 1 atom stereocenters. The third-order valence-corrected chi connectivity index (χ3v) is 1.89. The van der Waals surface area contributed by atoms with Crippen LogP contribution in [0.2, 0.25) is 0 Å². The number of rotatable bonds is 4. The number of phenolic OH excluding ortho intramolecular Hbond substituents is 1. The molecule has 0 aliphatic rings. The topological polar surface area (TPSA) is 72.5 Å². The zero-order valence-corrected chi connectivity index (χ0v) is 8.22. The number of carbonyl (C=O) groups is 1. The predicted molar refractivity (Wildman–Crippen MR) is 56.1 cm³/mol. The number of hydrogen-bond acceptors (Lipinski definition) is 4. The molecule has 3 N–H and O–H groups in total. The molecule has 0 bridgehead atoms. The van der Waals surface area contributed by atoms with E-state index < -0.39 is 12.0 Å². The van der Waals surface area contributed by atoms with Gasteiger partial charge in [0.15, 0.2) is 0 Å². The highest BCUT2D eigenvalue weighted by molar-refractivity contribution is 5.76. The van der Waals surface area contributed by atoms with Crippen LogP contribution < -0.4 is 5.73 Å². The zero-order valence-electron chi connectivity index (χ0n) is 8.22. The Morgan fingerprint density at radius 3 is 2.67 bits per heavy atom. The van der Waals surface area contributed by atoms with Crippen molar-refractivity contribution in [3.05, 3.63) is 42.7 Å². The summed E-state index contributed by atoms with van der Waals surface area (Å²) in [5.41, 5.74) is 6.45. The van der Waals surface area contributed by atoms with Crippen molar-refractivity contribution in [1.29, 1.82) is 0 Å². The summed E-state index contributed by atoms with van der Waals surface area (Å²) in [4.78, 5) is 11.1. The molecule has 0 heterocycles. The van der Waals surface area contributed by atoms with Gasteiger partial charge in [-0.15, -0.1) is 0 Å². The van der Waals surface area contributed by atoms with Gasteiger partial charge in [-0.25, -0.2) is 4.79 Å². The molecular formula is C11H13NO3. The summed E-state index contributed by atoms with van der Waals surface area (Å²) in [6.07, 6.45) is 1.42. The van der Waals surface area contributed by atoms with Crippen LogP contribution in [0.4, 0.5) is 0 Å². The van der Waals surface area contributed by atoms with Crippen LogP contribution in [-0.4, -0.2) is 17.1 Å². The smallest absolute Gasteiger partial charge is 0.328 e. The van der Waals surface area contributed by atoms with Crippen molar-refractivity contribution in [3.63, 3.8) is 0 Å². The van der Waals surface area contributed by atoms with Crippen molar-refractivity contribution < 1.29 is 14.6 Å². The van der Waals surface area contributed by atoms with E-state index in [-0.39, 0.29) is 5.75 Å². The summed E-state index contributed by atoms with van der Waals surface area (Å²) < 4.78 is 4.55. The van der Waals surface area contributed by atoms with Crippen molar-refractivity contribution >= 4 is 5.97 Å². The standard InChI is InChI=1S/C11H13NO3/c1-2-15-11(14)10(12)7-8-3-5-9(13)6-4-8/h2-6,10,13H,1,7,12H2. The summed E-state index contributed by atoms with van der Waals surface area (Å²) in [7, 11) is 0. The van der Waals surface area contributed by atoms with E-state index in [4.69, 9.17) is 10.8 Å². The number of benzene rings is 1. The second-order valence-electron chi connectivity index (χ2n) is 3.08. The van der Waals surface area contributed by atoms with Gasteiger partial charge in [0, 0.05) is 0 Å². The minimum Gasteiger partial charge on any atom is -0.508 e. The van der Waals surface area contributed by atoms with Crippen molar-refractivity contribution in [1.82, 2.24) is 0 Å². The van der Waals surface area contributed by atoms with Gasteiger partial charge >= 0.3 is 5.97 Å². The molecular weight excluding hydrogens is 194 g/mol. The first-order valence-electron chi connectivity index (χ1n) is 4.48. The first-order valence-corrected chi connectivity index (χ1v) is 4.48. The van der Waals surface area contributed by atoms with Crippen LogP contribution in [-0.2, 0) is 16.0 Å². The Kier molecular flexibility index (Phi) is 3.88. The van der Waals surface area contributed by atoms with Gasteiger partial charge in [-0.1, -0.05) is 18.7 Å². The van der Waals surface area contributed by atoms with Crippen molar-refractivity contribution in [2.45, 2.75) is 12.5 Å². The Bertz CT molecular complexity index is 345. The minimum atomic E-state index is -0.715. The second kappa shape index (κ2) is 5.17. The molecule has 0 saturated heterocycles. The van der Waals surface area contributed by atoms with Gasteiger partial charge in [-0.3, -0.25) is 0 Å². The number of nitrogens with two attached hydrogens (primary N) is 1. The number of aromatic hydroxyl groups is 1. The molecule has 0 amide bonds. The molecule has 1 aromatic carbocycles. The Labute approximate surface area is 88.0 Å². The summed E-state index contributed by atoms with van der Waals surface area (Å²) >= 11 is 0. The highest BCUT2D eigenvalue weighted by Crippen LogP contribution is 2.11. The first kappa shape index (κ1) is 11.3. The summed E-state index contributed by atoms with van der Waals surface area (Å²) in [6, 6.07) is 5.78. The van der Waals surface area contributed by atoms with E-state index in [9.17, 15) is 4.79 Å². The van der Waals surface area contributed by atoms with Gasteiger partial charge in [-0.2, -0.15) is 0 Å². The molecule has 0 aromatic heterocycles. The summed E-state index contributed by atoms with van der Waals surface area (Å²) in [5.74, 6) is -0.334. The highest BCUT2D eigenvalue weighted by atomic mass is 16.5. The van der Waals surface area contributed by atoms with E-state index in [1.54, 1.807) is 24.3 Å². The van der Waals surface area contributed by atoms with Crippen LogP contribution in [0.25, 0.3) is 0 Å². The highest BCUT2D eigenvalue weighted by Gasteiger charge is 2.14. The van der Waals surface area contributed by atoms with E-state index >= 15 is 0 Å². The summed E-state index contributed by atoms with van der Waals surface area (Å²) in [6.45, 7) is 3.27. The minimum absolute atomic E-state index is 0.181. The van der Waals surface area contributed by atoms with E-state index in [0.29, 0.717) is 6.42 Å². The SMILES string of the molecule is C=COC(=O)C(N)Cc1ccc(O)cc1. The second-order valence-corrected chi connectivity index (χ2v) is 3.08. The molecule has 0 aliphatic carbocycles. The number of hydrogen-bond donors (Lipinski definition) is 2. The predicted octanol–water partition coefficient (Wildman–Crippen LogP) is 0.949. The quantitative estimate of drug-likeness (QED) is 0.569. The molecule has 4 nitrogen and oxygen atoms in total. The van der Waals surface area contributed by atoms with Crippen molar-refractivity contribution in [2.75, 3.05) is 0 Å². The van der Waals surface area contributed by atoms with E-state index in [1.165, 1.54) is 0 Å². The van der Waals surface area contributed by atoms with Crippen LogP contribution >= 0.6 is 0 Å². The number of phenols is 1. The van der Waals surface area contributed by atoms with Crippen LogP contribution in [0.5, 0.6) is 5.75 Å². The van der Waals surface area contributed by atoms with Crippen LogP contribution in [0.3, 0.4) is 0 Å². The molecule has 4 heteroatoms. The van der Waals surface area contributed by atoms with E-state index in [0.717, 1.165) is 11.8 Å². The van der Waals surface area contributed by atoms with Crippen LogP contribution in [0.15, 0.2) is 37.1 Å². The molecule has 80 valence electrons. The van der Waals surface area contributed by atoms with Crippen molar-refractivity contribution in [2.24, 2.45) is 5.73 Å². The molecule has 1 unspecified atom stereocenters. The van der Waals surface area contributed by atoms with Gasteiger partial charge < -0.3 is 15.6 Å². The monoisotopic (exact) mass is 207 g/mol. The number of ether oxygens (including phenoxy) is 1. The van der Waals surface area contributed by atoms with E-state index in [2.05, 4.69) is 11.3 Å². The first-order chi connectivity index (χ1) is 7.13. The van der Waals surface area contributed by atoms with Gasteiger partial charge in [0.2, 0.25) is 0 Å². The maximum absolute atomic E-state index is 11.1. The molecule has 0 spiro atoms. The average molecular weight is 207 g/mol. The molecule has 0 radical (unpaired) electrons. The molecule has 0 aliphatic heterocycles. The Balaban J connectivity index is 2.57. The normalized spacial score (nSPS) is 11.8.